The summed E-state index contributed by atoms with van der Waals surface area (Å²) in [5.41, 5.74) is 12.4. The number of carbonyl (C=O) groups is 3. The zero-order chi connectivity index (χ0) is 39.2. The first kappa shape index (κ1) is 40.0. The van der Waals surface area contributed by atoms with E-state index in [0.29, 0.717) is 42.0 Å². The van der Waals surface area contributed by atoms with Gasteiger partial charge in [-0.2, -0.15) is 5.10 Å². The van der Waals surface area contributed by atoms with Crippen LogP contribution in [0.1, 0.15) is 71.0 Å². The zero-order valence-electron chi connectivity index (χ0n) is 31.0. The Kier molecular flexibility index (Phi) is 12.3. The average molecular weight is 750 g/mol. The number of nitrogens with zero attached hydrogens (tertiary/aromatic N) is 5. The van der Waals surface area contributed by atoms with Crippen LogP contribution < -0.4 is 26.8 Å². The fourth-order valence-electron chi connectivity index (χ4n) is 5.24. The maximum Gasteiger partial charge on any atom is 0.341 e. The molecule has 0 aliphatic rings. The molecular formula is C35H47N9O8Si. The molecule has 0 aliphatic heterocycles. The van der Waals surface area contributed by atoms with E-state index >= 15 is 0 Å². The van der Waals surface area contributed by atoms with Crippen molar-refractivity contribution in [3.63, 3.8) is 0 Å². The monoisotopic (exact) mass is 749 g/mol. The van der Waals surface area contributed by atoms with E-state index in [1.54, 1.807) is 46.5 Å². The van der Waals surface area contributed by atoms with Crippen LogP contribution in [-0.2, 0) is 17.5 Å². The van der Waals surface area contributed by atoms with E-state index in [-0.39, 0.29) is 53.4 Å². The van der Waals surface area contributed by atoms with E-state index in [2.05, 4.69) is 54.6 Å². The van der Waals surface area contributed by atoms with Crippen molar-refractivity contribution in [3.05, 3.63) is 75.1 Å². The molecule has 0 spiro atoms. The van der Waals surface area contributed by atoms with Crippen molar-refractivity contribution < 1.29 is 33.6 Å². The van der Waals surface area contributed by atoms with Crippen molar-refractivity contribution in [1.82, 2.24) is 19.3 Å². The third-order valence-electron chi connectivity index (χ3n) is 9.05. The van der Waals surface area contributed by atoms with Gasteiger partial charge in [0, 0.05) is 44.3 Å². The van der Waals surface area contributed by atoms with E-state index in [1.807, 2.05) is 6.92 Å². The number of aromatic carboxylic acids is 1. The van der Waals surface area contributed by atoms with Gasteiger partial charge in [-0.25, -0.2) is 9.78 Å². The molecule has 0 atom stereocenters. The number of benzene rings is 2. The summed E-state index contributed by atoms with van der Waals surface area (Å²) in [5, 5.41) is 32.2. The second-order valence-electron chi connectivity index (χ2n) is 13.8. The van der Waals surface area contributed by atoms with E-state index in [9.17, 15) is 29.6 Å². The average Bonchev–Trinajstić information content (AvgIpc) is 3.62. The van der Waals surface area contributed by atoms with Crippen LogP contribution in [0.2, 0.25) is 18.1 Å². The number of ether oxygens (including phenoxy) is 1. The standard InChI is InChI=1S/C35H47N9O8Si/c1-8-43-27(18-21(2)41-43)32(46)40-34-39-24-19-22(31(37)45)12-13-25(24)42(34)15-10-9-14-38-29-26(44(49)50)20-23(36)28(33(47)48)30(29)51-16-11-17-52-53(6,7)35(3,4)5/h9-10,12-13,18-20,38H,8,11,14-17,36H2,1-7H3,(H2,37,45)(H,47,48)(H,39,40,46)/b10-9+. The van der Waals surface area contributed by atoms with Gasteiger partial charge in [-0.05, 0) is 56.2 Å². The molecule has 53 heavy (non-hydrogen) atoms. The molecule has 284 valence electrons. The topological polar surface area (TPSA) is 245 Å². The lowest BCUT2D eigenvalue weighted by Crippen LogP contribution is -2.41. The normalized spacial score (nSPS) is 12.0. The molecule has 0 bridgehead atoms. The maximum absolute atomic E-state index is 13.3. The van der Waals surface area contributed by atoms with Crippen LogP contribution in [0.15, 0.2) is 42.5 Å². The van der Waals surface area contributed by atoms with Crippen molar-refractivity contribution in [2.24, 2.45) is 5.73 Å². The zero-order valence-corrected chi connectivity index (χ0v) is 32.0. The quantitative estimate of drug-likeness (QED) is 0.0222. The first-order valence-corrected chi connectivity index (χ1v) is 19.9. The number of primary amides is 1. The maximum atomic E-state index is 13.3. The summed E-state index contributed by atoms with van der Waals surface area (Å²) in [6.07, 6.45) is 3.81. The highest BCUT2D eigenvalue weighted by Crippen LogP contribution is 2.42. The number of nitrogen functional groups attached to an aromatic ring is 1. The minimum absolute atomic E-state index is 0.00312. The number of hydrogen-bond donors (Lipinski definition) is 5. The molecule has 17 nitrogen and oxygen atoms in total. The van der Waals surface area contributed by atoms with Crippen molar-refractivity contribution >= 4 is 60.1 Å². The molecule has 0 aliphatic carbocycles. The molecule has 0 radical (unpaired) electrons. The van der Waals surface area contributed by atoms with Gasteiger partial charge in [0.05, 0.1) is 33.9 Å². The summed E-state index contributed by atoms with van der Waals surface area (Å²) in [5.74, 6) is -2.52. The first-order valence-electron chi connectivity index (χ1n) is 17.0. The summed E-state index contributed by atoms with van der Waals surface area (Å²) in [6.45, 7) is 15.3. The number of rotatable bonds is 17. The highest BCUT2D eigenvalue weighted by Gasteiger charge is 2.37. The number of aromatic nitrogens is 4. The number of imidazole rings is 1. The Morgan fingerprint density at radius 1 is 1.13 bits per heavy atom. The lowest BCUT2D eigenvalue weighted by molar-refractivity contribution is -0.383. The first-order chi connectivity index (χ1) is 24.9. The van der Waals surface area contributed by atoms with Gasteiger partial charge >= 0.3 is 5.97 Å². The minimum Gasteiger partial charge on any atom is -0.490 e. The van der Waals surface area contributed by atoms with E-state index in [1.165, 1.54) is 6.07 Å². The van der Waals surface area contributed by atoms with Crippen LogP contribution in [0.4, 0.5) is 23.0 Å². The highest BCUT2D eigenvalue weighted by molar-refractivity contribution is 6.74. The summed E-state index contributed by atoms with van der Waals surface area (Å²) >= 11 is 0. The third kappa shape index (κ3) is 9.19. The van der Waals surface area contributed by atoms with E-state index in [0.717, 1.165) is 6.07 Å². The van der Waals surface area contributed by atoms with Crippen LogP contribution in [0, 0.1) is 17.0 Å². The smallest absolute Gasteiger partial charge is 0.341 e. The van der Waals surface area contributed by atoms with Gasteiger partial charge in [0.1, 0.15) is 11.3 Å². The molecule has 18 heteroatoms. The summed E-state index contributed by atoms with van der Waals surface area (Å²) in [6, 6.07) is 7.39. The largest absolute Gasteiger partial charge is 0.490 e. The van der Waals surface area contributed by atoms with Gasteiger partial charge in [-0.3, -0.25) is 29.7 Å². The number of carboxylic acid groups (broad SMARTS) is 1. The number of nitro groups is 1. The number of fused-ring (bicyclic) bond motifs is 1. The van der Waals surface area contributed by atoms with Crippen molar-refractivity contribution in [3.8, 4) is 5.75 Å². The number of allylic oxidation sites excluding steroid dienone is 1. The predicted octanol–water partition coefficient (Wildman–Crippen LogP) is 5.56. The number of nitro benzene ring substituents is 1. The number of nitrogens with one attached hydrogen (secondary N) is 2. The van der Waals surface area contributed by atoms with Crippen molar-refractivity contribution in [2.75, 3.05) is 36.1 Å². The molecule has 2 heterocycles. The fraction of sp³-hybridized carbons (Fsp3) is 0.400. The molecule has 7 N–H and O–H groups in total. The molecule has 0 saturated heterocycles. The molecule has 2 amide bonds. The summed E-state index contributed by atoms with van der Waals surface area (Å²) < 4.78 is 15.4. The number of anilines is 3. The second-order valence-corrected chi connectivity index (χ2v) is 18.7. The minimum atomic E-state index is -2.03. The molecule has 0 unspecified atom stereocenters. The second kappa shape index (κ2) is 16.3. The van der Waals surface area contributed by atoms with Gasteiger partial charge in [-0.15, -0.1) is 0 Å². The molecular weight excluding hydrogens is 703 g/mol. The predicted molar refractivity (Wildman–Crippen MR) is 204 cm³/mol. The SMILES string of the molecule is CCn1nc(C)cc1C(=O)Nc1nc2cc(C(N)=O)ccc2n1C/C=C/CNc1c([N+](=O)[O-])cc(N)c(C(=O)O)c1OCCCO[Si](C)(C)C(C)(C)C. The molecule has 4 rings (SSSR count). The van der Waals surface area contributed by atoms with E-state index in [4.69, 9.17) is 20.6 Å². The Balaban J connectivity index is 1.58. The van der Waals surface area contributed by atoms with Gasteiger partial charge in [0.2, 0.25) is 11.9 Å². The number of carbonyl (C=O) groups excluding carboxylic acids is 2. The Morgan fingerprint density at radius 3 is 2.47 bits per heavy atom. The van der Waals surface area contributed by atoms with Crippen LogP contribution in [-0.4, -0.2) is 75.2 Å². The van der Waals surface area contributed by atoms with Crippen LogP contribution >= 0.6 is 0 Å². The Hall–Kier alpha value is -5.75. The van der Waals surface area contributed by atoms with Crippen molar-refractivity contribution in [2.45, 2.75) is 72.3 Å². The third-order valence-corrected chi connectivity index (χ3v) is 13.6. The molecule has 2 aromatic carbocycles. The Morgan fingerprint density at radius 2 is 1.85 bits per heavy atom. The molecule has 2 aromatic heterocycles. The van der Waals surface area contributed by atoms with Gasteiger partial charge in [0.15, 0.2) is 19.8 Å². The van der Waals surface area contributed by atoms with Crippen LogP contribution in [0.25, 0.3) is 11.0 Å². The highest BCUT2D eigenvalue weighted by atomic mass is 28.4. The molecule has 4 aromatic rings. The summed E-state index contributed by atoms with van der Waals surface area (Å²) in [7, 11) is -2.03. The lowest BCUT2D eigenvalue weighted by Gasteiger charge is -2.36. The van der Waals surface area contributed by atoms with Gasteiger partial charge in [0.25, 0.3) is 11.6 Å². The molecule has 0 fully saturated rings. The lowest BCUT2D eigenvalue weighted by atomic mass is 10.1. The summed E-state index contributed by atoms with van der Waals surface area (Å²) in [4.78, 5) is 53.4. The Bertz CT molecular complexity index is 2060. The van der Waals surface area contributed by atoms with Gasteiger partial charge in [-0.1, -0.05) is 32.9 Å². The van der Waals surface area contributed by atoms with Gasteiger partial charge < -0.3 is 35.6 Å². The molecule has 0 saturated carbocycles. The van der Waals surface area contributed by atoms with E-state index < -0.39 is 42.3 Å². The van der Waals surface area contributed by atoms with Crippen LogP contribution in [0.5, 0.6) is 5.75 Å². The fourth-order valence-corrected chi connectivity index (χ4v) is 6.33. The van der Waals surface area contributed by atoms with Crippen molar-refractivity contribution in [1.29, 1.82) is 0 Å². The number of carboxylic acids is 1. The number of amides is 2. The Labute approximate surface area is 307 Å². The number of aryl methyl sites for hydroxylation is 2. The number of hydrogen-bond acceptors (Lipinski definition) is 11. The number of nitrogens with two attached hydrogens (primary N) is 2. The van der Waals surface area contributed by atoms with Crippen LogP contribution in [0.3, 0.4) is 0 Å².